The van der Waals surface area contributed by atoms with Crippen molar-refractivity contribution in [3.05, 3.63) is 59.1 Å². The summed E-state index contributed by atoms with van der Waals surface area (Å²) in [6.07, 6.45) is 1.91. The molecule has 0 saturated carbocycles. The van der Waals surface area contributed by atoms with Gasteiger partial charge in [-0.3, -0.25) is 0 Å². The molecule has 1 aliphatic rings. The second kappa shape index (κ2) is 3.82. The molecule has 0 fully saturated rings. The van der Waals surface area contributed by atoms with E-state index < -0.39 is 0 Å². The van der Waals surface area contributed by atoms with Crippen LogP contribution in [-0.2, 0) is 13.1 Å². The standard InChI is InChI=1S/C15H12N2S/c1-2-4-12-10-17(9-11(12)3-1)15-13-6-8-18-14(13)5-7-16-15/h1-8H,9-10H2. The van der Waals surface area contributed by atoms with Gasteiger partial charge in [0.25, 0.3) is 0 Å². The van der Waals surface area contributed by atoms with Crippen molar-refractivity contribution in [1.29, 1.82) is 0 Å². The average molecular weight is 252 g/mol. The number of benzene rings is 1. The summed E-state index contributed by atoms with van der Waals surface area (Å²) in [4.78, 5) is 6.94. The number of anilines is 1. The molecule has 3 heteroatoms. The van der Waals surface area contributed by atoms with Gasteiger partial charge in [0.05, 0.1) is 0 Å². The minimum Gasteiger partial charge on any atom is -0.347 e. The lowest BCUT2D eigenvalue weighted by atomic mass is 10.1. The van der Waals surface area contributed by atoms with Crippen molar-refractivity contribution in [1.82, 2.24) is 4.98 Å². The quantitative estimate of drug-likeness (QED) is 0.654. The third-order valence-corrected chi connectivity index (χ3v) is 4.38. The lowest BCUT2D eigenvalue weighted by molar-refractivity contribution is 0.863. The van der Waals surface area contributed by atoms with Crippen LogP contribution in [0.15, 0.2) is 48.0 Å². The predicted molar refractivity (Wildman–Crippen MR) is 75.9 cm³/mol. The molecular weight excluding hydrogens is 240 g/mol. The Kier molecular flexibility index (Phi) is 2.14. The highest BCUT2D eigenvalue weighted by molar-refractivity contribution is 7.17. The van der Waals surface area contributed by atoms with E-state index >= 15 is 0 Å². The summed E-state index contributed by atoms with van der Waals surface area (Å²) in [6.45, 7) is 1.94. The third kappa shape index (κ3) is 1.44. The van der Waals surface area contributed by atoms with Gasteiger partial charge < -0.3 is 4.90 Å². The van der Waals surface area contributed by atoms with Gasteiger partial charge in [-0.05, 0) is 28.6 Å². The maximum absolute atomic E-state index is 4.58. The van der Waals surface area contributed by atoms with Crippen LogP contribution >= 0.6 is 11.3 Å². The average Bonchev–Trinajstić information content (AvgIpc) is 3.04. The molecule has 0 atom stereocenters. The summed E-state index contributed by atoms with van der Waals surface area (Å²) in [5.41, 5.74) is 2.85. The lowest BCUT2D eigenvalue weighted by Gasteiger charge is -2.17. The van der Waals surface area contributed by atoms with E-state index in [2.05, 4.69) is 51.7 Å². The molecule has 0 aliphatic carbocycles. The van der Waals surface area contributed by atoms with Gasteiger partial charge in [0.2, 0.25) is 0 Å². The molecule has 1 aromatic carbocycles. The van der Waals surface area contributed by atoms with Crippen molar-refractivity contribution < 1.29 is 0 Å². The summed E-state index contributed by atoms with van der Waals surface area (Å²) < 4.78 is 1.32. The number of fused-ring (bicyclic) bond motifs is 2. The van der Waals surface area contributed by atoms with Crippen LogP contribution in [0.3, 0.4) is 0 Å². The number of rotatable bonds is 1. The highest BCUT2D eigenvalue weighted by Crippen LogP contribution is 2.33. The molecule has 0 spiro atoms. The number of pyridine rings is 1. The summed E-state index contributed by atoms with van der Waals surface area (Å²) in [5.74, 6) is 1.12. The van der Waals surface area contributed by atoms with Crippen LogP contribution < -0.4 is 4.90 Å². The Labute approximate surface area is 110 Å². The SMILES string of the molecule is c1ccc2c(c1)CN(c1nccc3sccc13)C2. The van der Waals surface area contributed by atoms with Gasteiger partial charge in [0.1, 0.15) is 5.82 Å². The van der Waals surface area contributed by atoms with Crippen LogP contribution in [-0.4, -0.2) is 4.98 Å². The summed E-state index contributed by atoms with van der Waals surface area (Å²) in [5, 5.41) is 3.41. The fraction of sp³-hybridized carbons (Fsp3) is 0.133. The molecule has 0 radical (unpaired) electrons. The highest BCUT2D eigenvalue weighted by Gasteiger charge is 2.21. The predicted octanol–water partition coefficient (Wildman–Crippen LogP) is 3.82. The Morgan fingerprint density at radius 1 is 1.00 bits per heavy atom. The summed E-state index contributed by atoms with van der Waals surface area (Å²) in [6, 6.07) is 12.9. The van der Waals surface area contributed by atoms with E-state index in [1.807, 2.05) is 6.20 Å². The molecule has 2 aromatic heterocycles. The van der Waals surface area contributed by atoms with Crippen LogP contribution in [0, 0.1) is 0 Å². The molecule has 88 valence electrons. The van der Waals surface area contributed by atoms with Crippen molar-refractivity contribution >= 4 is 27.2 Å². The molecule has 4 rings (SSSR count). The van der Waals surface area contributed by atoms with Crippen LogP contribution in [0.5, 0.6) is 0 Å². The van der Waals surface area contributed by atoms with Crippen molar-refractivity contribution in [3.8, 4) is 0 Å². The molecule has 0 N–H and O–H groups in total. The van der Waals surface area contributed by atoms with E-state index in [-0.39, 0.29) is 0 Å². The van der Waals surface area contributed by atoms with E-state index in [1.54, 1.807) is 11.3 Å². The second-order valence-corrected chi connectivity index (χ2v) is 5.54. The van der Waals surface area contributed by atoms with Gasteiger partial charge in [-0.2, -0.15) is 0 Å². The minimum absolute atomic E-state index is 0.970. The third-order valence-electron chi connectivity index (χ3n) is 3.50. The van der Waals surface area contributed by atoms with Crippen molar-refractivity contribution in [2.24, 2.45) is 0 Å². The largest absolute Gasteiger partial charge is 0.347 e. The Morgan fingerprint density at radius 2 is 1.78 bits per heavy atom. The molecule has 2 nitrogen and oxygen atoms in total. The number of nitrogens with zero attached hydrogens (tertiary/aromatic N) is 2. The first-order chi connectivity index (χ1) is 8.92. The summed E-state index contributed by atoms with van der Waals surface area (Å²) >= 11 is 1.78. The molecule has 3 aromatic rings. The molecule has 18 heavy (non-hydrogen) atoms. The smallest absolute Gasteiger partial charge is 0.137 e. The molecule has 0 bridgehead atoms. The molecule has 0 amide bonds. The normalized spacial score (nSPS) is 14.1. The van der Waals surface area contributed by atoms with Crippen LogP contribution in [0.25, 0.3) is 10.1 Å². The molecule has 3 heterocycles. The fourth-order valence-electron chi connectivity index (χ4n) is 2.61. The van der Waals surface area contributed by atoms with Gasteiger partial charge in [-0.15, -0.1) is 11.3 Å². The molecule has 0 unspecified atom stereocenters. The zero-order valence-electron chi connectivity index (χ0n) is 9.84. The van der Waals surface area contributed by atoms with Crippen LogP contribution in [0.1, 0.15) is 11.1 Å². The Balaban J connectivity index is 1.80. The minimum atomic E-state index is 0.970. The second-order valence-electron chi connectivity index (χ2n) is 4.59. The maximum atomic E-state index is 4.58. The van der Waals surface area contributed by atoms with E-state index in [9.17, 15) is 0 Å². The van der Waals surface area contributed by atoms with Crippen LogP contribution in [0.2, 0.25) is 0 Å². The lowest BCUT2D eigenvalue weighted by Crippen LogP contribution is -2.15. The number of thiophene rings is 1. The number of hydrogen-bond donors (Lipinski definition) is 0. The van der Waals surface area contributed by atoms with E-state index in [1.165, 1.54) is 21.2 Å². The first kappa shape index (κ1) is 10.1. The van der Waals surface area contributed by atoms with Gasteiger partial charge in [0, 0.05) is 29.4 Å². The Hall–Kier alpha value is -1.87. The number of aromatic nitrogens is 1. The van der Waals surface area contributed by atoms with Gasteiger partial charge in [0.15, 0.2) is 0 Å². The van der Waals surface area contributed by atoms with Gasteiger partial charge in [-0.25, -0.2) is 4.98 Å². The molecule has 1 aliphatic heterocycles. The highest BCUT2D eigenvalue weighted by atomic mass is 32.1. The van der Waals surface area contributed by atoms with Crippen molar-refractivity contribution in [2.75, 3.05) is 4.90 Å². The Morgan fingerprint density at radius 3 is 2.56 bits per heavy atom. The maximum Gasteiger partial charge on any atom is 0.137 e. The summed E-state index contributed by atoms with van der Waals surface area (Å²) in [7, 11) is 0. The number of hydrogen-bond acceptors (Lipinski definition) is 3. The molecular formula is C15H12N2S. The van der Waals surface area contributed by atoms with E-state index in [0.717, 1.165) is 18.9 Å². The zero-order chi connectivity index (χ0) is 11.9. The molecule has 0 saturated heterocycles. The van der Waals surface area contributed by atoms with E-state index in [4.69, 9.17) is 0 Å². The van der Waals surface area contributed by atoms with Crippen molar-refractivity contribution in [3.63, 3.8) is 0 Å². The zero-order valence-corrected chi connectivity index (χ0v) is 10.7. The van der Waals surface area contributed by atoms with E-state index in [0.29, 0.717) is 0 Å². The van der Waals surface area contributed by atoms with Crippen LogP contribution in [0.4, 0.5) is 5.82 Å². The fourth-order valence-corrected chi connectivity index (χ4v) is 3.39. The first-order valence-corrected chi connectivity index (χ1v) is 6.94. The van der Waals surface area contributed by atoms with Gasteiger partial charge in [-0.1, -0.05) is 24.3 Å². The Bertz CT molecular complexity index is 692. The monoisotopic (exact) mass is 252 g/mol. The topological polar surface area (TPSA) is 16.1 Å². The first-order valence-electron chi connectivity index (χ1n) is 6.06. The van der Waals surface area contributed by atoms with Crippen molar-refractivity contribution in [2.45, 2.75) is 13.1 Å². The van der Waals surface area contributed by atoms with Gasteiger partial charge >= 0.3 is 0 Å².